The molecule has 4 nitrogen and oxygen atoms in total. The minimum absolute atomic E-state index is 0.224. The van der Waals surface area contributed by atoms with Crippen molar-refractivity contribution < 1.29 is 9.59 Å². The fraction of sp³-hybridized carbons (Fsp3) is 0.222. The Bertz CT molecular complexity index is 792. The van der Waals surface area contributed by atoms with Crippen molar-refractivity contribution in [3.63, 3.8) is 0 Å². The van der Waals surface area contributed by atoms with E-state index in [1.54, 1.807) is 23.1 Å². The van der Waals surface area contributed by atoms with Crippen molar-refractivity contribution in [1.82, 2.24) is 0 Å². The van der Waals surface area contributed by atoms with Gasteiger partial charge in [0.1, 0.15) is 6.42 Å². The molecule has 1 aliphatic heterocycles. The van der Waals surface area contributed by atoms with Crippen molar-refractivity contribution in [2.45, 2.75) is 19.3 Å². The van der Waals surface area contributed by atoms with Gasteiger partial charge in [-0.05, 0) is 36.6 Å². The van der Waals surface area contributed by atoms with Crippen molar-refractivity contribution in [3.8, 4) is 0 Å². The van der Waals surface area contributed by atoms with Crippen LogP contribution in [0, 0.1) is 0 Å². The van der Waals surface area contributed by atoms with E-state index in [9.17, 15) is 9.59 Å². The minimum Gasteiger partial charge on any atom is -0.324 e. The summed E-state index contributed by atoms with van der Waals surface area (Å²) < 4.78 is 0. The molecule has 0 saturated carbocycles. The average molecular weight is 363 g/mol. The van der Waals surface area contributed by atoms with E-state index in [2.05, 4.69) is 5.32 Å². The number of halogens is 2. The highest BCUT2D eigenvalue weighted by Gasteiger charge is 2.24. The number of fused-ring (bicyclic) bond motifs is 1. The topological polar surface area (TPSA) is 49.4 Å². The lowest BCUT2D eigenvalue weighted by atomic mass is 10.0. The number of carbonyl (C=O) groups is 2. The number of nitrogens with one attached hydrogen (secondary N) is 1. The number of aryl methyl sites for hydroxylation is 1. The van der Waals surface area contributed by atoms with Gasteiger partial charge in [-0.2, -0.15) is 0 Å². The second-order valence-electron chi connectivity index (χ2n) is 5.60. The number of carbonyl (C=O) groups excluding carboxylic acids is 2. The molecule has 1 aliphatic rings. The molecule has 2 aromatic carbocycles. The van der Waals surface area contributed by atoms with E-state index in [-0.39, 0.29) is 17.4 Å². The van der Waals surface area contributed by atoms with Crippen LogP contribution in [0.4, 0.5) is 11.4 Å². The van der Waals surface area contributed by atoms with Gasteiger partial charge < -0.3 is 10.2 Å². The Kier molecular flexibility index (Phi) is 5.07. The zero-order valence-electron chi connectivity index (χ0n) is 12.9. The maximum Gasteiger partial charge on any atom is 0.236 e. The number of anilines is 2. The molecule has 24 heavy (non-hydrogen) atoms. The van der Waals surface area contributed by atoms with Gasteiger partial charge in [0.25, 0.3) is 0 Å². The van der Waals surface area contributed by atoms with Crippen LogP contribution in [0.5, 0.6) is 0 Å². The van der Waals surface area contributed by atoms with Crippen LogP contribution in [0.2, 0.25) is 10.0 Å². The largest absolute Gasteiger partial charge is 0.324 e. The van der Waals surface area contributed by atoms with Crippen LogP contribution < -0.4 is 10.2 Å². The molecule has 124 valence electrons. The molecule has 0 unspecified atom stereocenters. The normalized spacial score (nSPS) is 13.3. The van der Waals surface area contributed by atoms with Gasteiger partial charge in [-0.25, -0.2) is 0 Å². The molecule has 0 fully saturated rings. The maximum absolute atomic E-state index is 12.5. The first-order chi connectivity index (χ1) is 11.6. The second kappa shape index (κ2) is 7.24. The van der Waals surface area contributed by atoms with Crippen molar-refractivity contribution in [2.75, 3.05) is 16.8 Å². The van der Waals surface area contributed by atoms with Gasteiger partial charge in [0.05, 0.1) is 15.7 Å². The van der Waals surface area contributed by atoms with E-state index < -0.39 is 5.91 Å². The van der Waals surface area contributed by atoms with E-state index in [4.69, 9.17) is 23.2 Å². The molecule has 2 amide bonds. The zero-order chi connectivity index (χ0) is 17.1. The Hall–Kier alpha value is -2.04. The van der Waals surface area contributed by atoms with Gasteiger partial charge in [-0.3, -0.25) is 9.59 Å². The van der Waals surface area contributed by atoms with Gasteiger partial charge >= 0.3 is 0 Å². The van der Waals surface area contributed by atoms with E-state index in [0.717, 1.165) is 24.1 Å². The molecule has 0 spiro atoms. The summed E-state index contributed by atoms with van der Waals surface area (Å²) in [5.74, 6) is -0.634. The van der Waals surface area contributed by atoms with Gasteiger partial charge in [0, 0.05) is 12.2 Å². The van der Waals surface area contributed by atoms with Crippen LogP contribution >= 0.6 is 23.2 Å². The molecule has 2 aromatic rings. The Morgan fingerprint density at radius 1 is 1.08 bits per heavy atom. The van der Waals surface area contributed by atoms with Crippen molar-refractivity contribution in [3.05, 3.63) is 58.1 Å². The first-order valence-electron chi connectivity index (χ1n) is 7.68. The second-order valence-corrected chi connectivity index (χ2v) is 6.39. The molecule has 3 rings (SSSR count). The molecular formula is C18H16Cl2N2O2. The standard InChI is InChI=1S/C18H16Cl2N2O2/c19-13-7-3-8-14(18(13)20)21-16(23)11-17(24)22-10-4-6-12-5-1-2-9-15(12)22/h1-3,5,7-9H,4,6,10-11H2,(H,21,23). The van der Waals surface area contributed by atoms with Crippen molar-refractivity contribution in [2.24, 2.45) is 0 Å². The fourth-order valence-corrected chi connectivity index (χ4v) is 3.17. The number of nitrogens with zero attached hydrogens (tertiary/aromatic N) is 1. The van der Waals surface area contributed by atoms with Crippen LogP contribution in [-0.2, 0) is 16.0 Å². The smallest absolute Gasteiger partial charge is 0.236 e. The summed E-state index contributed by atoms with van der Waals surface area (Å²) in [6, 6.07) is 12.8. The number of benzene rings is 2. The monoisotopic (exact) mass is 362 g/mol. The lowest BCUT2D eigenvalue weighted by Crippen LogP contribution is -2.37. The molecule has 0 radical (unpaired) electrons. The summed E-state index contributed by atoms with van der Waals surface area (Å²) >= 11 is 12.0. The Morgan fingerprint density at radius 3 is 2.71 bits per heavy atom. The number of amides is 2. The van der Waals surface area contributed by atoms with Crippen LogP contribution in [0.1, 0.15) is 18.4 Å². The Balaban J connectivity index is 1.69. The lowest BCUT2D eigenvalue weighted by Gasteiger charge is -2.29. The number of para-hydroxylation sites is 1. The minimum atomic E-state index is -0.410. The van der Waals surface area contributed by atoms with E-state index >= 15 is 0 Å². The Morgan fingerprint density at radius 2 is 1.88 bits per heavy atom. The summed E-state index contributed by atoms with van der Waals surface area (Å²) in [5, 5.41) is 3.26. The summed E-state index contributed by atoms with van der Waals surface area (Å²) in [6.07, 6.45) is 1.60. The molecular weight excluding hydrogens is 347 g/mol. The predicted molar refractivity (Wildman–Crippen MR) is 96.8 cm³/mol. The van der Waals surface area contributed by atoms with Gasteiger partial charge in [0.2, 0.25) is 11.8 Å². The van der Waals surface area contributed by atoms with Crippen molar-refractivity contribution >= 4 is 46.4 Å². The maximum atomic E-state index is 12.5. The summed E-state index contributed by atoms with van der Waals surface area (Å²) in [4.78, 5) is 26.4. The van der Waals surface area contributed by atoms with Gasteiger partial charge in [-0.15, -0.1) is 0 Å². The molecule has 1 heterocycles. The summed E-state index contributed by atoms with van der Waals surface area (Å²) in [5.41, 5.74) is 2.43. The highest BCUT2D eigenvalue weighted by atomic mass is 35.5. The van der Waals surface area contributed by atoms with Crippen LogP contribution in [0.15, 0.2) is 42.5 Å². The quantitative estimate of drug-likeness (QED) is 0.827. The third-order valence-electron chi connectivity index (χ3n) is 3.95. The molecule has 0 aromatic heterocycles. The molecule has 0 atom stereocenters. The number of hydrogen-bond donors (Lipinski definition) is 1. The fourth-order valence-electron chi connectivity index (χ4n) is 2.82. The molecule has 6 heteroatoms. The molecule has 1 N–H and O–H groups in total. The highest BCUT2D eigenvalue weighted by Crippen LogP contribution is 2.30. The highest BCUT2D eigenvalue weighted by molar-refractivity contribution is 6.44. The molecule has 0 aliphatic carbocycles. The zero-order valence-corrected chi connectivity index (χ0v) is 14.4. The average Bonchev–Trinajstić information content (AvgIpc) is 2.58. The van der Waals surface area contributed by atoms with E-state index in [0.29, 0.717) is 17.3 Å². The van der Waals surface area contributed by atoms with Crippen molar-refractivity contribution in [1.29, 1.82) is 0 Å². The van der Waals surface area contributed by atoms with Crippen LogP contribution in [0.3, 0.4) is 0 Å². The number of rotatable bonds is 3. The third-order valence-corrected chi connectivity index (χ3v) is 4.77. The third kappa shape index (κ3) is 3.55. The van der Waals surface area contributed by atoms with E-state index in [1.807, 2.05) is 24.3 Å². The first-order valence-corrected chi connectivity index (χ1v) is 8.44. The molecule has 0 bridgehead atoms. The van der Waals surface area contributed by atoms with Crippen LogP contribution in [0.25, 0.3) is 0 Å². The summed E-state index contributed by atoms with van der Waals surface area (Å²) in [6.45, 7) is 0.626. The lowest BCUT2D eigenvalue weighted by molar-refractivity contribution is -0.125. The predicted octanol–water partition coefficient (Wildman–Crippen LogP) is 4.30. The van der Waals surface area contributed by atoms with E-state index in [1.165, 1.54) is 0 Å². The number of hydrogen-bond acceptors (Lipinski definition) is 2. The van der Waals surface area contributed by atoms with Gasteiger partial charge in [-0.1, -0.05) is 47.5 Å². The first kappa shape index (κ1) is 16.8. The summed E-state index contributed by atoms with van der Waals surface area (Å²) in [7, 11) is 0. The van der Waals surface area contributed by atoms with Gasteiger partial charge in [0.15, 0.2) is 0 Å². The molecule has 0 saturated heterocycles. The Labute approximate surface area is 150 Å². The SMILES string of the molecule is O=C(CC(=O)N1CCCc2ccccc21)Nc1cccc(Cl)c1Cl. The van der Waals surface area contributed by atoms with Crippen LogP contribution in [-0.4, -0.2) is 18.4 Å².